The molecule has 0 saturated heterocycles. The Balaban J connectivity index is 2.06. The van der Waals surface area contributed by atoms with Crippen LogP contribution in [0.5, 0.6) is 0 Å². The van der Waals surface area contributed by atoms with Crippen LogP contribution in [0.2, 0.25) is 5.15 Å². The number of nitrogens with zero attached hydrogens (tertiary/aromatic N) is 3. The summed E-state index contributed by atoms with van der Waals surface area (Å²) in [7, 11) is 0. The van der Waals surface area contributed by atoms with Crippen molar-refractivity contribution in [3.05, 3.63) is 23.7 Å². The smallest absolute Gasteiger partial charge is 0.145 e. The van der Waals surface area contributed by atoms with Gasteiger partial charge in [-0.3, -0.25) is 0 Å². The Labute approximate surface area is 99.5 Å². The van der Waals surface area contributed by atoms with Crippen LogP contribution in [0.15, 0.2) is 18.6 Å². The van der Waals surface area contributed by atoms with Crippen molar-refractivity contribution in [2.45, 2.75) is 38.1 Å². The molecule has 0 unspecified atom stereocenters. The molecule has 2 heterocycles. The zero-order chi connectivity index (χ0) is 11.0. The summed E-state index contributed by atoms with van der Waals surface area (Å²) in [5.74, 6) is 0. The summed E-state index contributed by atoms with van der Waals surface area (Å²) in [6.45, 7) is 0. The lowest BCUT2D eigenvalue weighted by Gasteiger charge is -2.23. The molecule has 84 valence electrons. The summed E-state index contributed by atoms with van der Waals surface area (Å²) >= 11 is 6.04. The Hall–Kier alpha value is -1.09. The Morgan fingerprint density at radius 2 is 2.00 bits per heavy atom. The Morgan fingerprint density at radius 1 is 1.19 bits per heavy atom. The second kappa shape index (κ2) is 4.06. The van der Waals surface area contributed by atoms with E-state index in [9.17, 15) is 0 Å². The Kier molecular flexibility index (Phi) is 2.56. The van der Waals surface area contributed by atoms with Crippen molar-refractivity contribution in [2.75, 3.05) is 0 Å². The molecule has 1 fully saturated rings. The number of rotatable bonds is 1. The lowest BCUT2D eigenvalue weighted by molar-refractivity contribution is 0.359. The molecule has 0 bridgehead atoms. The minimum atomic E-state index is 0.555. The molecule has 16 heavy (non-hydrogen) atoms. The third-order valence-electron chi connectivity index (χ3n) is 3.43. The standard InChI is InChI=1S/C12H14ClN3/c13-11-10-6-7-16(12(10)15-8-14-11)9-4-2-1-3-5-9/h6-9H,1-5H2. The summed E-state index contributed by atoms with van der Waals surface area (Å²) in [4.78, 5) is 8.35. The van der Waals surface area contributed by atoms with Gasteiger partial charge in [0.25, 0.3) is 0 Å². The van der Waals surface area contributed by atoms with Gasteiger partial charge in [-0.25, -0.2) is 9.97 Å². The van der Waals surface area contributed by atoms with Crippen LogP contribution in [-0.4, -0.2) is 14.5 Å². The zero-order valence-corrected chi connectivity index (χ0v) is 9.82. The Morgan fingerprint density at radius 3 is 2.81 bits per heavy atom. The van der Waals surface area contributed by atoms with Crippen molar-refractivity contribution in [1.29, 1.82) is 0 Å². The van der Waals surface area contributed by atoms with Crippen LogP contribution in [-0.2, 0) is 0 Å². The van der Waals surface area contributed by atoms with Crippen LogP contribution in [0.3, 0.4) is 0 Å². The molecule has 0 N–H and O–H groups in total. The van der Waals surface area contributed by atoms with Crippen LogP contribution in [0.1, 0.15) is 38.1 Å². The molecule has 2 aromatic heterocycles. The molecule has 1 aliphatic rings. The summed E-state index contributed by atoms with van der Waals surface area (Å²) in [5, 5.41) is 1.52. The van der Waals surface area contributed by atoms with E-state index in [0.29, 0.717) is 11.2 Å². The molecule has 0 spiro atoms. The van der Waals surface area contributed by atoms with E-state index in [1.807, 2.05) is 6.07 Å². The fourth-order valence-corrected chi connectivity index (χ4v) is 2.79. The molecule has 0 radical (unpaired) electrons. The van der Waals surface area contributed by atoms with Gasteiger partial charge in [-0.2, -0.15) is 0 Å². The molecular weight excluding hydrogens is 222 g/mol. The Bertz CT molecular complexity index is 500. The highest BCUT2D eigenvalue weighted by Gasteiger charge is 2.17. The van der Waals surface area contributed by atoms with Gasteiger partial charge in [0, 0.05) is 12.2 Å². The van der Waals surface area contributed by atoms with E-state index in [-0.39, 0.29) is 0 Å². The maximum Gasteiger partial charge on any atom is 0.145 e. The van der Waals surface area contributed by atoms with E-state index >= 15 is 0 Å². The highest BCUT2D eigenvalue weighted by atomic mass is 35.5. The molecule has 2 aromatic rings. The van der Waals surface area contributed by atoms with Gasteiger partial charge in [-0.15, -0.1) is 0 Å². The van der Waals surface area contributed by atoms with E-state index in [1.54, 1.807) is 6.33 Å². The molecule has 3 rings (SSSR count). The number of hydrogen-bond acceptors (Lipinski definition) is 2. The van der Waals surface area contributed by atoms with E-state index in [2.05, 4.69) is 20.7 Å². The van der Waals surface area contributed by atoms with Gasteiger partial charge >= 0.3 is 0 Å². The predicted molar refractivity (Wildman–Crippen MR) is 64.7 cm³/mol. The lowest BCUT2D eigenvalue weighted by atomic mass is 9.95. The van der Waals surface area contributed by atoms with Crippen molar-refractivity contribution >= 4 is 22.6 Å². The first kappa shape index (κ1) is 10.1. The van der Waals surface area contributed by atoms with Crippen LogP contribution in [0, 0.1) is 0 Å². The molecule has 0 aromatic carbocycles. The first-order chi connectivity index (χ1) is 7.86. The summed E-state index contributed by atoms with van der Waals surface area (Å²) in [6.07, 6.45) is 10.2. The summed E-state index contributed by atoms with van der Waals surface area (Å²) in [5.41, 5.74) is 0.979. The van der Waals surface area contributed by atoms with Crippen LogP contribution < -0.4 is 0 Å². The minimum absolute atomic E-state index is 0.555. The predicted octanol–water partition coefficient (Wildman–Crippen LogP) is 3.59. The summed E-state index contributed by atoms with van der Waals surface area (Å²) < 4.78 is 2.27. The molecule has 1 aliphatic carbocycles. The maximum absolute atomic E-state index is 6.04. The largest absolute Gasteiger partial charge is 0.329 e. The quantitative estimate of drug-likeness (QED) is 0.708. The van der Waals surface area contributed by atoms with Crippen molar-refractivity contribution in [3.63, 3.8) is 0 Å². The van der Waals surface area contributed by atoms with Gasteiger partial charge in [0.1, 0.15) is 17.1 Å². The van der Waals surface area contributed by atoms with Gasteiger partial charge in [0.05, 0.1) is 5.39 Å². The molecule has 0 amide bonds. The van der Waals surface area contributed by atoms with Crippen molar-refractivity contribution in [1.82, 2.24) is 14.5 Å². The molecular formula is C12H14ClN3. The van der Waals surface area contributed by atoms with E-state index in [4.69, 9.17) is 11.6 Å². The third-order valence-corrected chi connectivity index (χ3v) is 3.73. The van der Waals surface area contributed by atoms with Crippen molar-refractivity contribution < 1.29 is 0 Å². The average molecular weight is 236 g/mol. The van der Waals surface area contributed by atoms with Gasteiger partial charge in [-0.05, 0) is 18.9 Å². The SMILES string of the molecule is Clc1ncnc2c1ccn2C1CCCCC1. The molecule has 1 saturated carbocycles. The second-order valence-electron chi connectivity index (χ2n) is 4.42. The number of aromatic nitrogens is 3. The maximum atomic E-state index is 6.04. The van der Waals surface area contributed by atoms with Crippen molar-refractivity contribution in [3.8, 4) is 0 Å². The average Bonchev–Trinajstić information content (AvgIpc) is 2.75. The van der Waals surface area contributed by atoms with E-state index in [0.717, 1.165) is 11.0 Å². The van der Waals surface area contributed by atoms with Gasteiger partial charge in [0.15, 0.2) is 0 Å². The third kappa shape index (κ3) is 1.59. The van der Waals surface area contributed by atoms with Gasteiger partial charge < -0.3 is 4.57 Å². The molecule has 0 aliphatic heterocycles. The zero-order valence-electron chi connectivity index (χ0n) is 9.06. The fourth-order valence-electron chi connectivity index (χ4n) is 2.59. The second-order valence-corrected chi connectivity index (χ2v) is 4.77. The topological polar surface area (TPSA) is 30.7 Å². The van der Waals surface area contributed by atoms with E-state index in [1.165, 1.54) is 32.1 Å². The number of fused-ring (bicyclic) bond motifs is 1. The summed E-state index contributed by atoms with van der Waals surface area (Å²) in [6, 6.07) is 2.61. The molecule has 3 nitrogen and oxygen atoms in total. The minimum Gasteiger partial charge on any atom is -0.329 e. The van der Waals surface area contributed by atoms with Crippen LogP contribution in [0.4, 0.5) is 0 Å². The highest BCUT2D eigenvalue weighted by molar-refractivity contribution is 6.33. The van der Waals surface area contributed by atoms with Crippen LogP contribution >= 0.6 is 11.6 Å². The van der Waals surface area contributed by atoms with Gasteiger partial charge in [0.2, 0.25) is 0 Å². The normalized spacial score (nSPS) is 18.1. The van der Waals surface area contributed by atoms with Gasteiger partial charge in [-0.1, -0.05) is 30.9 Å². The van der Waals surface area contributed by atoms with E-state index < -0.39 is 0 Å². The first-order valence-electron chi connectivity index (χ1n) is 5.83. The number of hydrogen-bond donors (Lipinski definition) is 0. The van der Waals surface area contributed by atoms with Crippen molar-refractivity contribution in [2.24, 2.45) is 0 Å². The van der Waals surface area contributed by atoms with Crippen LogP contribution in [0.25, 0.3) is 11.0 Å². The monoisotopic (exact) mass is 235 g/mol. The first-order valence-corrected chi connectivity index (χ1v) is 6.21. The highest BCUT2D eigenvalue weighted by Crippen LogP contribution is 2.31. The lowest BCUT2D eigenvalue weighted by Crippen LogP contribution is -2.12. The molecule has 0 atom stereocenters. The number of halogens is 1. The molecule has 4 heteroatoms. The fraction of sp³-hybridized carbons (Fsp3) is 0.500.